The van der Waals surface area contributed by atoms with Gasteiger partial charge in [-0.15, -0.1) is 0 Å². The maximum atomic E-state index is 13.0. The van der Waals surface area contributed by atoms with Crippen LogP contribution < -0.4 is 10.6 Å². The Balaban J connectivity index is 1.25. The number of piperazine rings is 1. The third-order valence-electron chi connectivity index (χ3n) is 6.39. The van der Waals surface area contributed by atoms with Crippen LogP contribution in [0.4, 0.5) is 5.69 Å². The highest BCUT2D eigenvalue weighted by Crippen LogP contribution is 2.48. The number of benzene rings is 2. The standard InChI is InChI=1S/C24H26N4O3S/c1-16-14-26-10-11-28(16)32(30,31)21-6-3-17(4-7-21)22-13-23(22)24(29)27-20-5-2-19-15-25-9-8-18(19)12-20/h2-9,12,15-16,22-23,26H,10-11,13-14H2,1H3,(H,27,29)/t16-,22+,23-/m1/s1. The lowest BCUT2D eigenvalue weighted by Gasteiger charge is -2.32. The number of hydrogen-bond acceptors (Lipinski definition) is 5. The molecule has 2 aliphatic rings. The molecule has 0 bridgehead atoms. The number of pyridine rings is 1. The van der Waals surface area contributed by atoms with E-state index in [0.717, 1.165) is 28.4 Å². The zero-order valence-electron chi connectivity index (χ0n) is 17.9. The Morgan fingerprint density at radius 2 is 1.94 bits per heavy atom. The number of nitrogens with zero attached hydrogens (tertiary/aromatic N) is 2. The Bertz CT molecular complexity index is 1260. The smallest absolute Gasteiger partial charge is 0.243 e. The van der Waals surface area contributed by atoms with E-state index in [-0.39, 0.29) is 23.8 Å². The average Bonchev–Trinajstić information content (AvgIpc) is 3.60. The minimum atomic E-state index is -3.51. The molecular formula is C24H26N4O3S. The number of anilines is 1. The zero-order chi connectivity index (χ0) is 22.3. The summed E-state index contributed by atoms with van der Waals surface area (Å²) in [7, 11) is -3.51. The minimum Gasteiger partial charge on any atom is -0.326 e. The second-order valence-corrected chi connectivity index (χ2v) is 10.5. The van der Waals surface area contributed by atoms with Gasteiger partial charge < -0.3 is 10.6 Å². The van der Waals surface area contributed by atoms with Crippen LogP contribution in [0.2, 0.25) is 0 Å². The number of hydrogen-bond donors (Lipinski definition) is 2. The van der Waals surface area contributed by atoms with Crippen molar-refractivity contribution in [2.75, 3.05) is 25.0 Å². The average molecular weight is 451 g/mol. The van der Waals surface area contributed by atoms with Crippen LogP contribution in [0.5, 0.6) is 0 Å². The summed E-state index contributed by atoms with van der Waals surface area (Å²) < 4.78 is 27.5. The van der Waals surface area contributed by atoms with Crippen LogP contribution in [0.15, 0.2) is 65.8 Å². The Labute approximate surface area is 187 Å². The Hall–Kier alpha value is -2.81. The zero-order valence-corrected chi connectivity index (χ0v) is 18.7. The lowest BCUT2D eigenvalue weighted by atomic mass is 10.1. The van der Waals surface area contributed by atoms with Crippen molar-refractivity contribution in [2.24, 2.45) is 5.92 Å². The van der Waals surface area contributed by atoms with Gasteiger partial charge in [-0.3, -0.25) is 9.78 Å². The quantitative estimate of drug-likeness (QED) is 0.624. The van der Waals surface area contributed by atoms with Crippen molar-refractivity contribution in [1.29, 1.82) is 0 Å². The number of nitrogens with one attached hydrogen (secondary N) is 2. The number of fused-ring (bicyclic) bond motifs is 1. The van der Waals surface area contributed by atoms with Crippen LogP contribution >= 0.6 is 0 Å². The van der Waals surface area contributed by atoms with E-state index in [1.165, 1.54) is 0 Å². The van der Waals surface area contributed by atoms with E-state index >= 15 is 0 Å². The number of carbonyl (C=O) groups excluding carboxylic acids is 1. The molecule has 1 saturated heterocycles. The van der Waals surface area contributed by atoms with E-state index in [1.54, 1.807) is 28.8 Å². The van der Waals surface area contributed by atoms with Gasteiger partial charge in [-0.2, -0.15) is 4.31 Å². The molecule has 2 N–H and O–H groups in total. The lowest BCUT2D eigenvalue weighted by Crippen LogP contribution is -2.52. The van der Waals surface area contributed by atoms with Crippen molar-refractivity contribution in [2.45, 2.75) is 30.2 Å². The number of aromatic nitrogens is 1. The third kappa shape index (κ3) is 4.01. The fraction of sp³-hybridized carbons (Fsp3) is 0.333. The first-order chi connectivity index (χ1) is 15.4. The summed E-state index contributed by atoms with van der Waals surface area (Å²) in [5.41, 5.74) is 1.77. The molecule has 32 heavy (non-hydrogen) atoms. The van der Waals surface area contributed by atoms with Gasteiger partial charge >= 0.3 is 0 Å². The van der Waals surface area contributed by atoms with Gasteiger partial charge in [0.25, 0.3) is 0 Å². The summed E-state index contributed by atoms with van der Waals surface area (Å²) in [5.74, 6) is 0.0167. The predicted octanol–water partition coefficient (Wildman–Crippen LogP) is 2.96. The van der Waals surface area contributed by atoms with E-state index < -0.39 is 10.0 Å². The van der Waals surface area contributed by atoms with Gasteiger partial charge in [-0.05, 0) is 60.5 Å². The molecular weight excluding hydrogens is 424 g/mol. The maximum absolute atomic E-state index is 13.0. The summed E-state index contributed by atoms with van der Waals surface area (Å²) in [6, 6.07) is 14.7. The first-order valence-electron chi connectivity index (χ1n) is 10.9. The molecule has 3 atom stereocenters. The van der Waals surface area contributed by atoms with E-state index in [0.29, 0.717) is 24.5 Å². The molecule has 7 nitrogen and oxygen atoms in total. The number of rotatable bonds is 5. The van der Waals surface area contributed by atoms with E-state index in [9.17, 15) is 13.2 Å². The molecule has 1 aromatic heterocycles. The fourth-order valence-electron chi connectivity index (χ4n) is 4.45. The molecule has 1 aliphatic carbocycles. The molecule has 1 amide bonds. The first-order valence-corrected chi connectivity index (χ1v) is 12.3. The molecule has 1 aliphatic heterocycles. The van der Waals surface area contributed by atoms with Gasteiger partial charge in [0.15, 0.2) is 0 Å². The van der Waals surface area contributed by atoms with Crippen molar-refractivity contribution in [1.82, 2.24) is 14.6 Å². The summed E-state index contributed by atoms with van der Waals surface area (Å²) in [6.07, 6.45) is 4.30. The van der Waals surface area contributed by atoms with Gasteiger partial charge in [0.2, 0.25) is 15.9 Å². The van der Waals surface area contributed by atoms with Crippen molar-refractivity contribution in [3.05, 3.63) is 66.5 Å². The van der Waals surface area contributed by atoms with Gasteiger partial charge in [-0.25, -0.2) is 8.42 Å². The highest BCUT2D eigenvalue weighted by molar-refractivity contribution is 7.89. The van der Waals surface area contributed by atoms with E-state index in [4.69, 9.17) is 0 Å². The van der Waals surface area contributed by atoms with Crippen LogP contribution in [0.25, 0.3) is 10.8 Å². The van der Waals surface area contributed by atoms with Gasteiger partial charge in [0, 0.05) is 55.1 Å². The molecule has 5 rings (SSSR count). The summed E-state index contributed by atoms with van der Waals surface area (Å²) in [5, 5.41) is 8.28. The molecule has 2 heterocycles. The van der Waals surface area contributed by atoms with Gasteiger partial charge in [0.05, 0.1) is 4.90 Å². The summed E-state index contributed by atoms with van der Waals surface area (Å²) >= 11 is 0. The molecule has 3 aromatic rings. The Kier molecular flexibility index (Phi) is 5.44. The molecule has 0 radical (unpaired) electrons. The lowest BCUT2D eigenvalue weighted by molar-refractivity contribution is -0.117. The van der Waals surface area contributed by atoms with E-state index in [2.05, 4.69) is 15.6 Å². The topological polar surface area (TPSA) is 91.4 Å². The summed E-state index contributed by atoms with van der Waals surface area (Å²) in [4.78, 5) is 17.1. The monoisotopic (exact) mass is 450 g/mol. The van der Waals surface area contributed by atoms with Crippen molar-refractivity contribution in [3.8, 4) is 0 Å². The van der Waals surface area contributed by atoms with Gasteiger partial charge in [-0.1, -0.05) is 18.2 Å². The predicted molar refractivity (Wildman–Crippen MR) is 124 cm³/mol. The summed E-state index contributed by atoms with van der Waals surface area (Å²) in [6.45, 7) is 3.71. The number of carbonyl (C=O) groups is 1. The van der Waals surface area contributed by atoms with Crippen LogP contribution in [-0.2, 0) is 14.8 Å². The Morgan fingerprint density at radius 3 is 2.72 bits per heavy atom. The molecule has 1 saturated carbocycles. The second kappa shape index (κ2) is 8.27. The third-order valence-corrected chi connectivity index (χ3v) is 8.42. The minimum absolute atomic E-state index is 0.00487. The number of amides is 1. The van der Waals surface area contributed by atoms with E-state index in [1.807, 2.05) is 43.3 Å². The van der Waals surface area contributed by atoms with Crippen molar-refractivity contribution < 1.29 is 13.2 Å². The van der Waals surface area contributed by atoms with Crippen LogP contribution in [0.1, 0.15) is 24.8 Å². The molecule has 0 spiro atoms. The molecule has 0 unspecified atom stereocenters. The Morgan fingerprint density at radius 1 is 1.12 bits per heavy atom. The largest absolute Gasteiger partial charge is 0.326 e. The highest BCUT2D eigenvalue weighted by Gasteiger charge is 2.44. The van der Waals surface area contributed by atoms with Crippen LogP contribution in [-0.4, -0.2) is 49.3 Å². The van der Waals surface area contributed by atoms with Crippen molar-refractivity contribution in [3.63, 3.8) is 0 Å². The van der Waals surface area contributed by atoms with Gasteiger partial charge in [0.1, 0.15) is 0 Å². The fourth-order valence-corrected chi connectivity index (χ4v) is 6.08. The number of sulfonamides is 1. The van der Waals surface area contributed by atoms with Crippen LogP contribution in [0, 0.1) is 5.92 Å². The molecule has 8 heteroatoms. The van der Waals surface area contributed by atoms with Crippen LogP contribution in [0.3, 0.4) is 0 Å². The second-order valence-electron chi connectivity index (χ2n) is 8.61. The normalized spacial score (nSPS) is 23.7. The molecule has 166 valence electrons. The highest BCUT2D eigenvalue weighted by atomic mass is 32.2. The first kappa shape index (κ1) is 21.1. The SMILES string of the molecule is C[C@@H]1CNCCN1S(=O)(=O)c1ccc([C@@H]2C[C@H]2C(=O)Nc2ccc3cnccc3c2)cc1. The molecule has 2 fully saturated rings. The maximum Gasteiger partial charge on any atom is 0.243 e. The van der Waals surface area contributed by atoms with Crippen molar-refractivity contribution >= 4 is 32.4 Å². The molecule has 2 aromatic carbocycles.